The summed E-state index contributed by atoms with van der Waals surface area (Å²) in [7, 11) is 5.95. The van der Waals surface area contributed by atoms with Crippen molar-refractivity contribution in [2.75, 3.05) is 34.3 Å². The number of nitrogens with zero attached hydrogens (tertiary/aromatic N) is 2. The largest absolute Gasteiger partial charge is 0.476 e. The highest BCUT2D eigenvalue weighted by Crippen LogP contribution is 2.19. The Morgan fingerprint density at radius 1 is 1.50 bits per heavy atom. The number of nitrogens with one attached hydrogen (secondary N) is 1. The summed E-state index contributed by atoms with van der Waals surface area (Å²) in [6, 6.07) is 2.02. The third-order valence-corrected chi connectivity index (χ3v) is 2.47. The topological polar surface area (TPSA) is 37.4 Å². The van der Waals surface area contributed by atoms with Gasteiger partial charge in [-0.25, -0.2) is 4.98 Å². The Hall–Kier alpha value is -0.650. The SMILES string of the molecule is CNCc1cc(Br)cnc1OCCN(C)C. The van der Waals surface area contributed by atoms with Crippen molar-refractivity contribution in [2.45, 2.75) is 6.54 Å². The van der Waals surface area contributed by atoms with E-state index in [2.05, 4.69) is 31.1 Å². The number of halogens is 1. The van der Waals surface area contributed by atoms with Crippen LogP contribution in [0.2, 0.25) is 0 Å². The molecule has 1 rings (SSSR count). The van der Waals surface area contributed by atoms with Gasteiger partial charge in [-0.3, -0.25) is 0 Å². The van der Waals surface area contributed by atoms with E-state index in [9.17, 15) is 0 Å². The van der Waals surface area contributed by atoms with Crippen molar-refractivity contribution in [2.24, 2.45) is 0 Å². The Bertz CT molecular complexity index is 331. The number of likely N-dealkylation sites (N-methyl/N-ethyl adjacent to an activating group) is 1. The number of rotatable bonds is 6. The normalized spacial score (nSPS) is 10.8. The van der Waals surface area contributed by atoms with E-state index in [-0.39, 0.29) is 0 Å². The van der Waals surface area contributed by atoms with Gasteiger partial charge in [-0.15, -0.1) is 0 Å². The van der Waals surface area contributed by atoms with Gasteiger partial charge >= 0.3 is 0 Å². The lowest BCUT2D eigenvalue weighted by Gasteiger charge is -2.13. The van der Waals surface area contributed by atoms with Crippen molar-refractivity contribution in [3.8, 4) is 5.88 Å². The van der Waals surface area contributed by atoms with Crippen LogP contribution in [0.5, 0.6) is 5.88 Å². The third-order valence-electron chi connectivity index (χ3n) is 2.04. The van der Waals surface area contributed by atoms with Gasteiger partial charge in [-0.2, -0.15) is 0 Å². The molecule has 1 heterocycles. The van der Waals surface area contributed by atoms with Gasteiger partial charge in [0.25, 0.3) is 0 Å². The Kier molecular flexibility index (Phi) is 5.73. The average molecular weight is 288 g/mol. The molecule has 0 spiro atoms. The molecule has 0 atom stereocenters. The Labute approximate surface area is 105 Å². The second kappa shape index (κ2) is 6.83. The van der Waals surface area contributed by atoms with Crippen LogP contribution in [-0.2, 0) is 6.54 Å². The summed E-state index contributed by atoms with van der Waals surface area (Å²) < 4.78 is 6.61. The number of ether oxygens (including phenoxy) is 1. The quantitative estimate of drug-likeness (QED) is 0.861. The number of hydrogen-bond acceptors (Lipinski definition) is 4. The van der Waals surface area contributed by atoms with Crippen LogP contribution in [0.15, 0.2) is 16.7 Å². The fourth-order valence-electron chi connectivity index (χ4n) is 1.24. The second-order valence-electron chi connectivity index (χ2n) is 3.80. The van der Waals surface area contributed by atoms with Gasteiger partial charge < -0.3 is 15.0 Å². The summed E-state index contributed by atoms with van der Waals surface area (Å²) in [5.41, 5.74) is 1.07. The third kappa shape index (κ3) is 4.47. The van der Waals surface area contributed by atoms with E-state index in [1.165, 1.54) is 0 Å². The first-order valence-corrected chi connectivity index (χ1v) is 5.99. The summed E-state index contributed by atoms with van der Waals surface area (Å²) in [5, 5.41) is 3.10. The van der Waals surface area contributed by atoms with Crippen molar-refractivity contribution in [1.29, 1.82) is 0 Å². The van der Waals surface area contributed by atoms with Crippen LogP contribution in [0.25, 0.3) is 0 Å². The van der Waals surface area contributed by atoms with Gasteiger partial charge in [0, 0.05) is 29.3 Å². The minimum absolute atomic E-state index is 0.651. The van der Waals surface area contributed by atoms with Crippen LogP contribution in [0.3, 0.4) is 0 Å². The number of aromatic nitrogens is 1. The van der Waals surface area contributed by atoms with E-state index in [1.54, 1.807) is 6.20 Å². The minimum Gasteiger partial charge on any atom is -0.476 e. The molecule has 0 bridgehead atoms. The van der Waals surface area contributed by atoms with Gasteiger partial charge in [0.05, 0.1) is 0 Å². The predicted molar refractivity (Wildman–Crippen MR) is 68.7 cm³/mol. The highest BCUT2D eigenvalue weighted by molar-refractivity contribution is 9.10. The Morgan fingerprint density at radius 3 is 2.88 bits per heavy atom. The Morgan fingerprint density at radius 2 is 2.25 bits per heavy atom. The highest BCUT2D eigenvalue weighted by Gasteiger charge is 2.05. The molecule has 0 unspecified atom stereocenters. The zero-order valence-electron chi connectivity index (χ0n) is 9.96. The zero-order chi connectivity index (χ0) is 12.0. The minimum atomic E-state index is 0.651. The van der Waals surface area contributed by atoms with E-state index in [0.717, 1.165) is 23.1 Å². The molecule has 0 fully saturated rings. The molecular weight excluding hydrogens is 270 g/mol. The van der Waals surface area contributed by atoms with E-state index >= 15 is 0 Å². The van der Waals surface area contributed by atoms with Crippen molar-refractivity contribution >= 4 is 15.9 Å². The van der Waals surface area contributed by atoms with E-state index < -0.39 is 0 Å². The van der Waals surface area contributed by atoms with Gasteiger partial charge in [0.15, 0.2) is 0 Å². The molecule has 0 saturated heterocycles. The highest BCUT2D eigenvalue weighted by atomic mass is 79.9. The van der Waals surface area contributed by atoms with E-state index in [1.807, 2.05) is 27.2 Å². The average Bonchev–Trinajstić information content (AvgIpc) is 2.21. The fourth-order valence-corrected chi connectivity index (χ4v) is 1.62. The maximum absolute atomic E-state index is 5.64. The van der Waals surface area contributed by atoms with Crippen LogP contribution in [0, 0.1) is 0 Å². The smallest absolute Gasteiger partial charge is 0.217 e. The molecule has 0 aliphatic rings. The zero-order valence-corrected chi connectivity index (χ0v) is 11.5. The van der Waals surface area contributed by atoms with Crippen LogP contribution in [0.1, 0.15) is 5.56 Å². The predicted octanol–water partition coefficient (Wildman–Crippen LogP) is 1.50. The molecular formula is C11H18BrN3O. The standard InChI is InChI=1S/C11H18BrN3O/c1-13-7-9-6-10(12)8-14-11(9)16-5-4-15(2)3/h6,8,13H,4-5,7H2,1-3H3. The van der Waals surface area contributed by atoms with Gasteiger partial charge in [0.2, 0.25) is 5.88 Å². The molecule has 4 nitrogen and oxygen atoms in total. The molecule has 0 aliphatic heterocycles. The summed E-state index contributed by atoms with van der Waals surface area (Å²) in [4.78, 5) is 6.35. The second-order valence-corrected chi connectivity index (χ2v) is 4.72. The first kappa shape index (κ1) is 13.4. The molecule has 0 aromatic carbocycles. The molecule has 16 heavy (non-hydrogen) atoms. The van der Waals surface area contributed by atoms with Crippen molar-refractivity contribution in [1.82, 2.24) is 15.2 Å². The summed E-state index contributed by atoms with van der Waals surface area (Å²) in [5.74, 6) is 0.708. The molecule has 0 aliphatic carbocycles. The van der Waals surface area contributed by atoms with Crippen molar-refractivity contribution in [3.63, 3.8) is 0 Å². The molecule has 0 radical (unpaired) electrons. The first-order valence-electron chi connectivity index (χ1n) is 5.20. The molecule has 5 heteroatoms. The monoisotopic (exact) mass is 287 g/mol. The summed E-state index contributed by atoms with van der Waals surface area (Å²) >= 11 is 3.40. The van der Waals surface area contributed by atoms with Gasteiger partial charge in [-0.1, -0.05) is 0 Å². The van der Waals surface area contributed by atoms with Gasteiger partial charge in [-0.05, 0) is 43.1 Å². The lowest BCUT2D eigenvalue weighted by molar-refractivity contribution is 0.251. The van der Waals surface area contributed by atoms with Crippen LogP contribution < -0.4 is 10.1 Å². The molecule has 1 N–H and O–H groups in total. The van der Waals surface area contributed by atoms with Crippen molar-refractivity contribution < 1.29 is 4.74 Å². The van der Waals surface area contributed by atoms with Crippen LogP contribution >= 0.6 is 15.9 Å². The first-order chi connectivity index (χ1) is 7.63. The molecule has 0 amide bonds. The number of pyridine rings is 1. The summed E-state index contributed by atoms with van der Waals surface area (Å²) in [6.45, 7) is 2.29. The van der Waals surface area contributed by atoms with E-state index in [0.29, 0.717) is 12.5 Å². The molecule has 0 saturated carbocycles. The Balaban J connectivity index is 2.63. The lowest BCUT2D eigenvalue weighted by atomic mass is 10.3. The van der Waals surface area contributed by atoms with Crippen LogP contribution in [-0.4, -0.2) is 44.2 Å². The fraction of sp³-hybridized carbons (Fsp3) is 0.545. The molecule has 1 aromatic rings. The molecule has 1 aromatic heterocycles. The van der Waals surface area contributed by atoms with Crippen LogP contribution in [0.4, 0.5) is 0 Å². The maximum atomic E-state index is 5.64. The number of hydrogen-bond donors (Lipinski definition) is 1. The van der Waals surface area contributed by atoms with Gasteiger partial charge in [0.1, 0.15) is 6.61 Å². The molecule has 90 valence electrons. The van der Waals surface area contributed by atoms with Crippen molar-refractivity contribution in [3.05, 3.63) is 22.3 Å². The lowest BCUT2D eigenvalue weighted by Crippen LogP contribution is -2.20. The maximum Gasteiger partial charge on any atom is 0.217 e. The summed E-state index contributed by atoms with van der Waals surface area (Å²) in [6.07, 6.45) is 1.75. The van der Waals surface area contributed by atoms with E-state index in [4.69, 9.17) is 4.74 Å².